The molecule has 1 aliphatic rings. The highest BCUT2D eigenvalue weighted by Gasteiger charge is 2.34. The standard InChI is InChI=1S/C24H21Cl2NO3/c1-29-21-13-15-9-10-27(24(28)17-6-4-8-19(26)12-17)23(20(15)14-22(21)30-2)16-5-3-7-18(25)11-16/h3-8,11-14,23H,9-10H2,1-2H3/t23-/m1/s1. The molecule has 1 aliphatic heterocycles. The Kier molecular flexibility index (Phi) is 5.89. The minimum atomic E-state index is -0.307. The zero-order valence-electron chi connectivity index (χ0n) is 16.7. The van der Waals surface area contributed by atoms with Crippen molar-refractivity contribution in [1.82, 2.24) is 4.90 Å². The van der Waals surface area contributed by atoms with Crippen molar-refractivity contribution in [3.63, 3.8) is 0 Å². The molecule has 30 heavy (non-hydrogen) atoms. The molecule has 0 fully saturated rings. The van der Waals surface area contributed by atoms with Gasteiger partial charge in [0.25, 0.3) is 5.91 Å². The van der Waals surface area contributed by atoms with Crippen LogP contribution in [0.4, 0.5) is 0 Å². The normalized spacial score (nSPS) is 15.5. The summed E-state index contributed by atoms with van der Waals surface area (Å²) >= 11 is 12.4. The monoisotopic (exact) mass is 441 g/mol. The second kappa shape index (κ2) is 8.58. The molecule has 154 valence electrons. The number of fused-ring (bicyclic) bond motifs is 1. The van der Waals surface area contributed by atoms with Gasteiger partial charge in [0.2, 0.25) is 0 Å². The number of benzene rings is 3. The van der Waals surface area contributed by atoms with E-state index >= 15 is 0 Å². The first-order chi connectivity index (χ1) is 14.5. The molecule has 3 aromatic carbocycles. The molecule has 0 saturated carbocycles. The third-order valence-electron chi connectivity index (χ3n) is 5.37. The van der Waals surface area contributed by atoms with Crippen molar-refractivity contribution in [1.29, 1.82) is 0 Å². The van der Waals surface area contributed by atoms with Crippen LogP contribution in [-0.2, 0) is 6.42 Å². The molecular formula is C24H21Cl2NO3. The van der Waals surface area contributed by atoms with Crippen LogP contribution < -0.4 is 9.47 Å². The fraction of sp³-hybridized carbons (Fsp3) is 0.208. The van der Waals surface area contributed by atoms with Gasteiger partial charge in [-0.15, -0.1) is 0 Å². The fourth-order valence-electron chi connectivity index (χ4n) is 3.99. The van der Waals surface area contributed by atoms with Gasteiger partial charge in [0.1, 0.15) is 0 Å². The number of carbonyl (C=O) groups excluding carboxylic acids is 1. The molecule has 0 aliphatic carbocycles. The Hall–Kier alpha value is -2.69. The summed E-state index contributed by atoms with van der Waals surface area (Å²) in [6.07, 6.45) is 0.707. The maximum absolute atomic E-state index is 13.5. The van der Waals surface area contributed by atoms with Crippen LogP contribution in [0.2, 0.25) is 10.0 Å². The highest BCUT2D eigenvalue weighted by Crippen LogP contribution is 2.42. The van der Waals surface area contributed by atoms with Crippen LogP contribution >= 0.6 is 23.2 Å². The molecule has 3 aromatic rings. The number of nitrogens with zero attached hydrogens (tertiary/aromatic N) is 1. The summed E-state index contributed by atoms with van der Waals surface area (Å²) in [7, 11) is 3.23. The van der Waals surface area contributed by atoms with Gasteiger partial charge in [-0.25, -0.2) is 0 Å². The number of amides is 1. The first-order valence-corrected chi connectivity index (χ1v) is 10.3. The Morgan fingerprint density at radius 1 is 0.933 bits per heavy atom. The predicted octanol–water partition coefficient (Wildman–Crippen LogP) is 5.80. The Morgan fingerprint density at radius 2 is 1.60 bits per heavy atom. The van der Waals surface area contributed by atoms with Gasteiger partial charge in [-0.3, -0.25) is 4.79 Å². The zero-order chi connectivity index (χ0) is 21.3. The van der Waals surface area contributed by atoms with Crippen LogP contribution in [0.25, 0.3) is 0 Å². The molecule has 0 saturated heterocycles. The summed E-state index contributed by atoms with van der Waals surface area (Å²) in [4.78, 5) is 15.4. The molecule has 6 heteroatoms. The molecule has 4 rings (SSSR count). The first-order valence-electron chi connectivity index (χ1n) is 9.58. The minimum absolute atomic E-state index is 0.0806. The Balaban J connectivity index is 1.86. The summed E-state index contributed by atoms with van der Waals surface area (Å²) in [5.74, 6) is 1.22. The van der Waals surface area contributed by atoms with Crippen LogP contribution in [0.3, 0.4) is 0 Å². The largest absolute Gasteiger partial charge is 0.493 e. The fourth-order valence-corrected chi connectivity index (χ4v) is 4.38. The van der Waals surface area contributed by atoms with Crippen molar-refractivity contribution >= 4 is 29.1 Å². The van der Waals surface area contributed by atoms with Crippen molar-refractivity contribution in [2.45, 2.75) is 12.5 Å². The Morgan fingerprint density at radius 3 is 2.27 bits per heavy atom. The average Bonchev–Trinajstić information content (AvgIpc) is 2.76. The van der Waals surface area contributed by atoms with Gasteiger partial charge in [-0.2, -0.15) is 0 Å². The van der Waals surface area contributed by atoms with Crippen LogP contribution in [-0.4, -0.2) is 31.6 Å². The van der Waals surface area contributed by atoms with Crippen molar-refractivity contribution in [3.8, 4) is 11.5 Å². The number of carbonyl (C=O) groups is 1. The molecule has 1 amide bonds. The maximum atomic E-state index is 13.5. The van der Waals surface area contributed by atoms with Crippen molar-refractivity contribution in [2.24, 2.45) is 0 Å². The third-order valence-corrected chi connectivity index (χ3v) is 5.84. The van der Waals surface area contributed by atoms with Gasteiger partial charge >= 0.3 is 0 Å². The van der Waals surface area contributed by atoms with Crippen molar-refractivity contribution < 1.29 is 14.3 Å². The van der Waals surface area contributed by atoms with Crippen LogP contribution in [0.15, 0.2) is 60.7 Å². The molecule has 0 aromatic heterocycles. The van der Waals surface area contributed by atoms with E-state index in [4.69, 9.17) is 32.7 Å². The first kappa shape index (κ1) is 20.6. The summed E-state index contributed by atoms with van der Waals surface area (Å²) in [5, 5.41) is 1.15. The van der Waals surface area contributed by atoms with Crippen molar-refractivity contribution in [3.05, 3.63) is 93.0 Å². The molecule has 0 bridgehead atoms. The van der Waals surface area contributed by atoms with Crippen molar-refractivity contribution in [2.75, 3.05) is 20.8 Å². The molecule has 0 unspecified atom stereocenters. The SMILES string of the molecule is COc1cc2c(cc1OC)[C@@H](c1cccc(Cl)c1)N(C(=O)c1cccc(Cl)c1)CC2. The van der Waals surface area contributed by atoms with Gasteiger partial charge in [-0.05, 0) is 65.6 Å². The van der Waals surface area contributed by atoms with Gasteiger partial charge in [0, 0.05) is 22.2 Å². The predicted molar refractivity (Wildman–Crippen MR) is 119 cm³/mol. The average molecular weight is 442 g/mol. The van der Waals surface area contributed by atoms with Gasteiger partial charge in [0.15, 0.2) is 11.5 Å². The molecule has 0 N–H and O–H groups in total. The van der Waals surface area contributed by atoms with Gasteiger partial charge in [-0.1, -0.05) is 41.4 Å². The van der Waals surface area contributed by atoms with Crippen LogP contribution in [0.1, 0.15) is 33.1 Å². The van der Waals surface area contributed by atoms with E-state index in [2.05, 4.69) is 0 Å². The zero-order valence-corrected chi connectivity index (χ0v) is 18.2. The van der Waals surface area contributed by atoms with E-state index in [1.807, 2.05) is 41.3 Å². The van der Waals surface area contributed by atoms with E-state index in [1.54, 1.807) is 38.5 Å². The number of hydrogen-bond donors (Lipinski definition) is 0. The van der Waals surface area contributed by atoms with E-state index in [-0.39, 0.29) is 11.9 Å². The third kappa shape index (κ3) is 3.85. The van der Waals surface area contributed by atoms with E-state index in [9.17, 15) is 4.79 Å². The summed E-state index contributed by atoms with van der Waals surface area (Å²) in [6, 6.07) is 18.3. The second-order valence-electron chi connectivity index (χ2n) is 7.12. The highest BCUT2D eigenvalue weighted by molar-refractivity contribution is 6.31. The lowest BCUT2D eigenvalue weighted by Crippen LogP contribution is -2.40. The van der Waals surface area contributed by atoms with Gasteiger partial charge < -0.3 is 14.4 Å². The second-order valence-corrected chi connectivity index (χ2v) is 8.00. The maximum Gasteiger partial charge on any atom is 0.254 e. The number of hydrogen-bond acceptors (Lipinski definition) is 3. The van der Waals surface area contributed by atoms with E-state index in [0.717, 1.165) is 16.7 Å². The molecule has 0 radical (unpaired) electrons. The molecule has 1 atom stereocenters. The lowest BCUT2D eigenvalue weighted by atomic mass is 9.87. The van der Waals surface area contributed by atoms with Gasteiger partial charge in [0.05, 0.1) is 20.3 Å². The molecule has 4 nitrogen and oxygen atoms in total. The van der Waals surface area contributed by atoms with E-state index < -0.39 is 0 Å². The number of methoxy groups -OCH3 is 2. The minimum Gasteiger partial charge on any atom is -0.493 e. The topological polar surface area (TPSA) is 38.8 Å². The summed E-state index contributed by atoms with van der Waals surface area (Å²) < 4.78 is 11.0. The Labute approximate surface area is 185 Å². The van der Waals surface area contributed by atoms with Crippen LogP contribution in [0, 0.1) is 0 Å². The van der Waals surface area contributed by atoms with E-state index in [0.29, 0.717) is 40.1 Å². The number of halogens is 2. The quantitative estimate of drug-likeness (QED) is 0.513. The lowest BCUT2D eigenvalue weighted by molar-refractivity contribution is 0.0694. The van der Waals surface area contributed by atoms with Crippen LogP contribution in [0.5, 0.6) is 11.5 Å². The number of ether oxygens (including phenoxy) is 2. The summed E-state index contributed by atoms with van der Waals surface area (Å²) in [5.41, 5.74) is 3.61. The number of rotatable bonds is 4. The summed E-state index contributed by atoms with van der Waals surface area (Å²) in [6.45, 7) is 0.561. The molecule has 1 heterocycles. The molecular weight excluding hydrogens is 421 g/mol. The lowest BCUT2D eigenvalue weighted by Gasteiger charge is -2.38. The smallest absolute Gasteiger partial charge is 0.254 e. The molecule has 0 spiro atoms. The van der Waals surface area contributed by atoms with E-state index in [1.165, 1.54) is 0 Å². The Bertz CT molecular complexity index is 1100. The highest BCUT2D eigenvalue weighted by atomic mass is 35.5.